The first-order valence-electron chi connectivity index (χ1n) is 15.9. The van der Waals surface area contributed by atoms with Gasteiger partial charge in [-0.3, -0.25) is 24.2 Å². The molecule has 1 amide bonds. The fourth-order valence-electron chi connectivity index (χ4n) is 6.34. The standard InChI is InChI=1S/C35H34Cl2N8O3/c1-19(2)32-40-25-12-6-14-38-31(25)33(42-32)39-23-10-4-8-21(29(23)36)22-9-5-11-24(30(22)37)41-34(46)26-16-28-27(13-7-15-45(28)43-26)44-17-20(18-44)35(47)48-3/h4-6,8-12,14,16,19-20,27H,7,13,15,17-18H2,1-3H3,(H,41,46)(H,39,40,42)/t27-/m0/s1. The predicted molar refractivity (Wildman–Crippen MR) is 186 cm³/mol. The van der Waals surface area contributed by atoms with Gasteiger partial charge in [0.25, 0.3) is 5.91 Å². The van der Waals surface area contributed by atoms with Crippen molar-refractivity contribution in [3.05, 3.63) is 88.1 Å². The highest BCUT2D eigenvalue weighted by molar-refractivity contribution is 6.39. The van der Waals surface area contributed by atoms with Crippen LogP contribution in [0.1, 0.15) is 60.7 Å². The summed E-state index contributed by atoms with van der Waals surface area (Å²) in [7, 11) is 1.42. The predicted octanol–water partition coefficient (Wildman–Crippen LogP) is 7.25. The number of fused-ring (bicyclic) bond motifs is 2. The summed E-state index contributed by atoms with van der Waals surface area (Å²) < 4.78 is 6.79. The molecule has 0 radical (unpaired) electrons. The van der Waals surface area contributed by atoms with E-state index in [2.05, 4.69) is 30.6 Å². The Balaban J connectivity index is 1.12. The number of ether oxygens (including phenoxy) is 1. The summed E-state index contributed by atoms with van der Waals surface area (Å²) in [6, 6.07) is 16.7. The quantitative estimate of drug-likeness (QED) is 0.162. The number of pyridine rings is 1. The second-order valence-electron chi connectivity index (χ2n) is 12.4. The third kappa shape index (κ3) is 5.98. The lowest BCUT2D eigenvalue weighted by Gasteiger charge is -2.44. The highest BCUT2D eigenvalue weighted by Gasteiger charge is 2.40. The third-order valence-electron chi connectivity index (χ3n) is 8.90. The maximum Gasteiger partial charge on any atom is 0.311 e. The molecule has 1 atom stereocenters. The van der Waals surface area contributed by atoms with Crippen LogP contribution in [-0.2, 0) is 16.1 Å². The molecular formula is C35H34Cl2N8O3. The van der Waals surface area contributed by atoms with E-state index in [1.54, 1.807) is 12.3 Å². The summed E-state index contributed by atoms with van der Waals surface area (Å²) in [5, 5.41) is 11.7. The van der Waals surface area contributed by atoms with E-state index < -0.39 is 0 Å². The lowest BCUT2D eigenvalue weighted by atomic mass is 9.93. The number of rotatable bonds is 8. The summed E-state index contributed by atoms with van der Waals surface area (Å²) in [5.74, 6) is 0.699. The first-order valence-corrected chi connectivity index (χ1v) is 16.7. The molecule has 0 aliphatic carbocycles. The van der Waals surface area contributed by atoms with Crippen LogP contribution in [0.25, 0.3) is 22.2 Å². The van der Waals surface area contributed by atoms with E-state index in [9.17, 15) is 9.59 Å². The zero-order valence-corrected chi connectivity index (χ0v) is 28.2. The van der Waals surface area contributed by atoms with Gasteiger partial charge in [-0.15, -0.1) is 0 Å². The number of nitrogens with zero attached hydrogens (tertiary/aromatic N) is 6. The second kappa shape index (κ2) is 13.1. The average molecular weight is 686 g/mol. The van der Waals surface area contributed by atoms with Crippen LogP contribution in [0.3, 0.4) is 0 Å². The van der Waals surface area contributed by atoms with Crippen molar-refractivity contribution in [1.82, 2.24) is 29.6 Å². The van der Waals surface area contributed by atoms with Crippen LogP contribution in [0.4, 0.5) is 17.2 Å². The number of aromatic nitrogens is 5. The Morgan fingerprint density at radius 2 is 1.71 bits per heavy atom. The number of methoxy groups -OCH3 is 1. The lowest BCUT2D eigenvalue weighted by molar-refractivity contribution is -0.152. The summed E-state index contributed by atoms with van der Waals surface area (Å²) in [6.07, 6.45) is 3.58. The first-order chi connectivity index (χ1) is 23.2. The van der Waals surface area contributed by atoms with E-state index in [-0.39, 0.29) is 29.8 Å². The molecule has 2 N–H and O–H groups in total. The fourth-order valence-corrected chi connectivity index (χ4v) is 6.89. The van der Waals surface area contributed by atoms with E-state index in [1.807, 2.05) is 67.1 Å². The van der Waals surface area contributed by atoms with Crippen LogP contribution in [-0.4, -0.2) is 61.7 Å². The Morgan fingerprint density at radius 1 is 0.979 bits per heavy atom. The van der Waals surface area contributed by atoms with Gasteiger partial charge >= 0.3 is 5.97 Å². The molecule has 0 saturated carbocycles. The summed E-state index contributed by atoms with van der Waals surface area (Å²) in [6.45, 7) is 6.08. The minimum absolute atomic E-state index is 0.0942. The molecule has 13 heteroatoms. The van der Waals surface area contributed by atoms with Gasteiger partial charge in [0.1, 0.15) is 11.3 Å². The molecule has 48 heavy (non-hydrogen) atoms. The van der Waals surface area contributed by atoms with Crippen LogP contribution in [0.5, 0.6) is 0 Å². The maximum absolute atomic E-state index is 13.5. The van der Waals surface area contributed by atoms with Gasteiger partial charge in [-0.1, -0.05) is 61.3 Å². The van der Waals surface area contributed by atoms with Crippen LogP contribution < -0.4 is 10.6 Å². The van der Waals surface area contributed by atoms with Crippen molar-refractivity contribution >= 4 is 63.3 Å². The highest BCUT2D eigenvalue weighted by atomic mass is 35.5. The molecule has 2 aromatic carbocycles. The van der Waals surface area contributed by atoms with Gasteiger partial charge in [0.05, 0.1) is 51.7 Å². The van der Waals surface area contributed by atoms with Crippen molar-refractivity contribution in [3.63, 3.8) is 0 Å². The Morgan fingerprint density at radius 3 is 2.44 bits per heavy atom. The van der Waals surface area contributed by atoms with E-state index in [0.717, 1.165) is 30.6 Å². The number of likely N-dealkylation sites (tertiary alicyclic amines) is 1. The molecule has 2 aliphatic rings. The third-order valence-corrected chi connectivity index (χ3v) is 9.71. The van der Waals surface area contributed by atoms with E-state index in [0.29, 0.717) is 68.5 Å². The Hall–Kier alpha value is -4.58. The van der Waals surface area contributed by atoms with Gasteiger partial charge < -0.3 is 15.4 Å². The topological polar surface area (TPSA) is 127 Å². The van der Waals surface area contributed by atoms with Crippen LogP contribution in [0, 0.1) is 5.92 Å². The average Bonchev–Trinajstić information content (AvgIpc) is 3.51. The summed E-state index contributed by atoms with van der Waals surface area (Å²) in [5.41, 5.74) is 5.03. The van der Waals surface area contributed by atoms with Gasteiger partial charge in [-0.05, 0) is 43.2 Å². The lowest BCUT2D eigenvalue weighted by Crippen LogP contribution is -2.52. The van der Waals surface area contributed by atoms with E-state index in [1.165, 1.54) is 7.11 Å². The zero-order chi connectivity index (χ0) is 33.5. The monoisotopic (exact) mass is 684 g/mol. The number of halogens is 2. The smallest absolute Gasteiger partial charge is 0.311 e. The van der Waals surface area contributed by atoms with Gasteiger partial charge in [-0.25, -0.2) is 9.97 Å². The van der Waals surface area contributed by atoms with Gasteiger partial charge in [0, 0.05) is 42.9 Å². The number of nitrogens with one attached hydrogen (secondary N) is 2. The number of anilines is 3. The largest absolute Gasteiger partial charge is 0.469 e. The molecule has 1 fully saturated rings. The van der Waals surface area contributed by atoms with Crippen molar-refractivity contribution in [2.45, 2.75) is 45.2 Å². The number of hydrogen-bond donors (Lipinski definition) is 2. The van der Waals surface area contributed by atoms with Crippen LogP contribution in [0.15, 0.2) is 60.8 Å². The molecule has 2 aliphatic heterocycles. The molecule has 5 aromatic rings. The first kappa shape index (κ1) is 32.0. The number of hydrogen-bond acceptors (Lipinski definition) is 9. The Labute approximate surface area is 287 Å². The second-order valence-corrected chi connectivity index (χ2v) is 13.1. The molecule has 246 valence electrons. The fraction of sp³-hybridized carbons (Fsp3) is 0.314. The van der Waals surface area contributed by atoms with Gasteiger partial charge in [-0.2, -0.15) is 5.10 Å². The molecular weight excluding hydrogens is 651 g/mol. The molecule has 5 heterocycles. The van der Waals surface area contributed by atoms with Crippen molar-refractivity contribution in [3.8, 4) is 11.1 Å². The molecule has 0 unspecified atom stereocenters. The van der Waals surface area contributed by atoms with Crippen molar-refractivity contribution in [1.29, 1.82) is 0 Å². The molecule has 11 nitrogen and oxygen atoms in total. The van der Waals surface area contributed by atoms with E-state index in [4.69, 9.17) is 32.9 Å². The number of benzene rings is 2. The normalized spacial score (nSPS) is 16.4. The van der Waals surface area contributed by atoms with Gasteiger partial charge in [0.2, 0.25) is 0 Å². The van der Waals surface area contributed by atoms with Crippen LogP contribution in [0.2, 0.25) is 10.0 Å². The number of carbonyl (C=O) groups is 2. The molecule has 7 rings (SSSR count). The molecule has 0 bridgehead atoms. The minimum atomic E-state index is -0.364. The van der Waals surface area contributed by atoms with Crippen molar-refractivity contribution in [2.24, 2.45) is 5.92 Å². The van der Waals surface area contributed by atoms with E-state index >= 15 is 0 Å². The number of carbonyl (C=O) groups excluding carboxylic acids is 2. The minimum Gasteiger partial charge on any atom is -0.469 e. The summed E-state index contributed by atoms with van der Waals surface area (Å²) in [4.78, 5) is 41.6. The number of esters is 1. The maximum atomic E-state index is 13.5. The molecule has 1 saturated heterocycles. The van der Waals surface area contributed by atoms with Gasteiger partial charge in [0.15, 0.2) is 11.5 Å². The van der Waals surface area contributed by atoms with Crippen LogP contribution >= 0.6 is 23.2 Å². The molecule has 3 aromatic heterocycles. The Kier molecular flexibility index (Phi) is 8.76. The number of aryl methyl sites for hydroxylation is 1. The zero-order valence-electron chi connectivity index (χ0n) is 26.7. The van der Waals surface area contributed by atoms with Crippen molar-refractivity contribution in [2.75, 3.05) is 30.8 Å². The summed E-state index contributed by atoms with van der Waals surface area (Å²) >= 11 is 13.9. The highest BCUT2D eigenvalue weighted by Crippen LogP contribution is 2.42. The molecule has 0 spiro atoms. The Bertz CT molecular complexity index is 2040. The number of amides is 1. The SMILES string of the molecule is COC(=O)C1CN([C@H]2CCCn3nc(C(=O)Nc4cccc(-c5cccc(Nc6nc(C(C)C)nc7cccnc67)c5Cl)c4Cl)cc32)C1. The van der Waals surface area contributed by atoms with Crippen molar-refractivity contribution < 1.29 is 14.3 Å².